The number of rotatable bonds is 4. The van der Waals surface area contributed by atoms with Crippen molar-refractivity contribution in [3.63, 3.8) is 0 Å². The zero-order chi connectivity index (χ0) is 18.5. The van der Waals surface area contributed by atoms with E-state index in [-0.39, 0.29) is 5.69 Å². The molecule has 0 aliphatic rings. The Balaban J connectivity index is 1.65. The number of hydrogen-bond donors (Lipinski definition) is 0. The van der Waals surface area contributed by atoms with Crippen LogP contribution < -0.4 is 0 Å². The van der Waals surface area contributed by atoms with Crippen LogP contribution in [-0.2, 0) is 4.84 Å². The lowest BCUT2D eigenvalue weighted by Crippen LogP contribution is -2.09. The van der Waals surface area contributed by atoms with E-state index in [2.05, 4.69) is 15.1 Å². The molecule has 0 aliphatic carbocycles. The van der Waals surface area contributed by atoms with Crippen LogP contribution in [0, 0.1) is 0 Å². The molecule has 0 fully saturated rings. The molecule has 130 valence electrons. The second-order valence-corrected chi connectivity index (χ2v) is 5.79. The Kier molecular flexibility index (Phi) is 4.66. The fraction of sp³-hybridized carbons (Fsp3) is 0. The maximum Gasteiger partial charge on any atom is 0.385 e. The first-order valence-corrected chi connectivity index (χ1v) is 8.43. The quantitative estimate of drug-likeness (QED) is 0.313. The van der Waals surface area contributed by atoms with Crippen LogP contribution in [0.4, 0.5) is 0 Å². The van der Waals surface area contributed by atoms with Gasteiger partial charge in [0.1, 0.15) is 5.71 Å². The van der Waals surface area contributed by atoms with Gasteiger partial charge in [-0.05, 0) is 12.1 Å². The van der Waals surface area contributed by atoms with Crippen molar-refractivity contribution in [2.75, 3.05) is 0 Å². The summed E-state index contributed by atoms with van der Waals surface area (Å²) in [6, 6.07) is 26.4. The van der Waals surface area contributed by atoms with E-state index in [0.29, 0.717) is 16.7 Å². The van der Waals surface area contributed by atoms with Crippen LogP contribution in [0.5, 0.6) is 0 Å². The minimum Gasteiger partial charge on any atom is -0.310 e. The first-order valence-electron chi connectivity index (χ1n) is 8.43. The van der Waals surface area contributed by atoms with Crippen molar-refractivity contribution in [2.24, 2.45) is 5.16 Å². The molecule has 0 unspecified atom stereocenters. The van der Waals surface area contributed by atoms with Crippen LogP contribution in [0.1, 0.15) is 21.6 Å². The summed E-state index contributed by atoms with van der Waals surface area (Å²) in [5.74, 6) is -0.655. The molecule has 0 N–H and O–H groups in total. The van der Waals surface area contributed by atoms with Crippen molar-refractivity contribution >= 4 is 22.7 Å². The summed E-state index contributed by atoms with van der Waals surface area (Å²) in [6.07, 6.45) is 1.39. The monoisotopic (exact) mass is 353 g/mol. The lowest BCUT2D eigenvalue weighted by molar-refractivity contribution is 0.0510. The van der Waals surface area contributed by atoms with Gasteiger partial charge in [0.15, 0.2) is 5.69 Å². The number of para-hydroxylation sites is 2. The van der Waals surface area contributed by atoms with Crippen LogP contribution in [0.2, 0.25) is 0 Å². The van der Waals surface area contributed by atoms with E-state index < -0.39 is 5.97 Å². The van der Waals surface area contributed by atoms with Crippen LogP contribution in [0.15, 0.2) is 96.3 Å². The maximum absolute atomic E-state index is 12.4. The molecule has 0 amide bonds. The summed E-state index contributed by atoms with van der Waals surface area (Å²) in [5, 5.41) is 4.12. The summed E-state index contributed by atoms with van der Waals surface area (Å²) >= 11 is 0. The number of hydrogen-bond acceptors (Lipinski definition) is 5. The van der Waals surface area contributed by atoms with Gasteiger partial charge in [0, 0.05) is 11.1 Å². The van der Waals surface area contributed by atoms with Crippen LogP contribution in [-0.4, -0.2) is 21.6 Å². The molecule has 0 atom stereocenters. The average molecular weight is 353 g/mol. The molecule has 0 aliphatic heterocycles. The molecule has 0 radical (unpaired) electrons. The van der Waals surface area contributed by atoms with Crippen molar-refractivity contribution < 1.29 is 9.63 Å². The zero-order valence-electron chi connectivity index (χ0n) is 14.3. The fourth-order valence-corrected chi connectivity index (χ4v) is 2.65. The molecular weight excluding hydrogens is 338 g/mol. The third-order valence-corrected chi connectivity index (χ3v) is 3.97. The summed E-state index contributed by atoms with van der Waals surface area (Å²) in [7, 11) is 0. The van der Waals surface area contributed by atoms with Gasteiger partial charge in [0.05, 0.1) is 17.2 Å². The summed E-state index contributed by atoms with van der Waals surface area (Å²) in [6.45, 7) is 0. The lowest BCUT2D eigenvalue weighted by Gasteiger charge is -2.06. The van der Waals surface area contributed by atoms with Gasteiger partial charge in [0.25, 0.3) is 0 Å². The molecule has 4 rings (SSSR count). The van der Waals surface area contributed by atoms with E-state index in [1.54, 1.807) is 6.07 Å². The molecule has 0 spiro atoms. The predicted octanol–water partition coefficient (Wildman–Crippen LogP) is 4.24. The van der Waals surface area contributed by atoms with E-state index in [1.165, 1.54) is 6.20 Å². The Morgan fingerprint density at radius 1 is 0.741 bits per heavy atom. The lowest BCUT2D eigenvalue weighted by atomic mass is 10.0. The van der Waals surface area contributed by atoms with Crippen molar-refractivity contribution in [3.8, 4) is 0 Å². The Labute approximate surface area is 156 Å². The molecule has 4 aromatic rings. The highest BCUT2D eigenvalue weighted by molar-refractivity contribution is 6.12. The van der Waals surface area contributed by atoms with Gasteiger partial charge in [-0.1, -0.05) is 78.0 Å². The number of oxime groups is 1. The second kappa shape index (κ2) is 7.58. The molecule has 1 heterocycles. The highest BCUT2D eigenvalue weighted by atomic mass is 16.7. The standard InChI is InChI=1S/C22H15N3O2/c26-22(20-15-23-18-13-7-8-14-19(18)24-20)27-25-21(16-9-3-1-4-10-16)17-11-5-2-6-12-17/h1-15H. The first kappa shape index (κ1) is 16.6. The number of carbonyl (C=O) groups is 1. The summed E-state index contributed by atoms with van der Waals surface area (Å²) in [5.41, 5.74) is 3.72. The SMILES string of the molecule is O=C(ON=C(c1ccccc1)c1ccccc1)c1cnc2ccccc2n1. The largest absolute Gasteiger partial charge is 0.385 e. The Bertz CT molecular complexity index is 1070. The molecule has 5 heteroatoms. The van der Waals surface area contributed by atoms with Gasteiger partial charge >= 0.3 is 5.97 Å². The van der Waals surface area contributed by atoms with Crippen LogP contribution in [0.3, 0.4) is 0 Å². The third kappa shape index (κ3) is 3.72. The van der Waals surface area contributed by atoms with Gasteiger partial charge in [-0.3, -0.25) is 4.98 Å². The highest BCUT2D eigenvalue weighted by Gasteiger charge is 2.13. The number of benzene rings is 3. The molecule has 5 nitrogen and oxygen atoms in total. The average Bonchev–Trinajstić information content (AvgIpc) is 2.75. The number of fused-ring (bicyclic) bond motifs is 1. The van der Waals surface area contributed by atoms with E-state index in [4.69, 9.17) is 4.84 Å². The second-order valence-electron chi connectivity index (χ2n) is 5.79. The van der Waals surface area contributed by atoms with Gasteiger partial charge in [-0.2, -0.15) is 0 Å². The van der Waals surface area contributed by atoms with Crippen LogP contribution in [0.25, 0.3) is 11.0 Å². The topological polar surface area (TPSA) is 64.4 Å². The van der Waals surface area contributed by atoms with Gasteiger partial charge < -0.3 is 4.84 Å². The van der Waals surface area contributed by atoms with E-state index in [1.807, 2.05) is 78.9 Å². The van der Waals surface area contributed by atoms with E-state index >= 15 is 0 Å². The molecule has 27 heavy (non-hydrogen) atoms. The van der Waals surface area contributed by atoms with Crippen molar-refractivity contribution in [1.82, 2.24) is 9.97 Å². The minimum absolute atomic E-state index is 0.109. The molecule has 1 aromatic heterocycles. The maximum atomic E-state index is 12.4. The highest BCUT2D eigenvalue weighted by Crippen LogP contribution is 2.13. The number of nitrogens with zero attached hydrogens (tertiary/aromatic N) is 3. The smallest absolute Gasteiger partial charge is 0.310 e. The Morgan fingerprint density at radius 3 is 1.93 bits per heavy atom. The van der Waals surface area contributed by atoms with Crippen LogP contribution >= 0.6 is 0 Å². The molecule has 0 bridgehead atoms. The number of aromatic nitrogens is 2. The summed E-state index contributed by atoms with van der Waals surface area (Å²) in [4.78, 5) is 26.1. The molecule has 3 aromatic carbocycles. The molecule has 0 saturated heterocycles. The number of carbonyl (C=O) groups excluding carboxylic acids is 1. The van der Waals surface area contributed by atoms with Gasteiger partial charge in [0.2, 0.25) is 0 Å². The normalized spacial score (nSPS) is 10.4. The molecular formula is C22H15N3O2. The third-order valence-electron chi connectivity index (χ3n) is 3.97. The Morgan fingerprint density at radius 2 is 1.30 bits per heavy atom. The molecule has 0 saturated carbocycles. The van der Waals surface area contributed by atoms with Crippen molar-refractivity contribution in [1.29, 1.82) is 0 Å². The van der Waals surface area contributed by atoms with Gasteiger partial charge in [-0.15, -0.1) is 0 Å². The van der Waals surface area contributed by atoms with Crippen molar-refractivity contribution in [2.45, 2.75) is 0 Å². The summed E-state index contributed by atoms with van der Waals surface area (Å²) < 4.78 is 0. The Hall–Kier alpha value is -3.86. The van der Waals surface area contributed by atoms with Gasteiger partial charge in [-0.25, -0.2) is 9.78 Å². The van der Waals surface area contributed by atoms with E-state index in [0.717, 1.165) is 11.1 Å². The minimum atomic E-state index is -0.655. The zero-order valence-corrected chi connectivity index (χ0v) is 14.3. The van der Waals surface area contributed by atoms with E-state index in [9.17, 15) is 4.79 Å². The fourth-order valence-electron chi connectivity index (χ4n) is 2.65. The first-order chi connectivity index (χ1) is 13.3. The van der Waals surface area contributed by atoms with Crippen molar-refractivity contribution in [3.05, 3.63) is 108 Å². The predicted molar refractivity (Wildman–Crippen MR) is 103 cm³/mol.